The van der Waals surface area contributed by atoms with Crippen LogP contribution in [0.4, 0.5) is 0 Å². The lowest BCUT2D eigenvalue weighted by Gasteiger charge is -2.21. The van der Waals surface area contributed by atoms with Gasteiger partial charge in [-0.15, -0.1) is 11.3 Å². The molecule has 16 heavy (non-hydrogen) atoms. The van der Waals surface area contributed by atoms with Gasteiger partial charge in [-0.25, -0.2) is 4.98 Å². The van der Waals surface area contributed by atoms with Gasteiger partial charge in [-0.3, -0.25) is 0 Å². The monoisotopic (exact) mass is 230 g/mol. The van der Waals surface area contributed by atoms with E-state index >= 15 is 0 Å². The topological polar surface area (TPSA) is 16.1 Å². The third-order valence-corrected chi connectivity index (χ3v) is 5.37. The van der Waals surface area contributed by atoms with E-state index in [1.807, 2.05) is 11.3 Å². The summed E-state index contributed by atoms with van der Waals surface area (Å²) < 4.78 is 1.34. The molecule has 0 amide bonds. The van der Waals surface area contributed by atoms with Gasteiger partial charge in [0.15, 0.2) is 0 Å². The molecule has 3 heterocycles. The van der Waals surface area contributed by atoms with Crippen LogP contribution < -0.4 is 0 Å². The van der Waals surface area contributed by atoms with Crippen molar-refractivity contribution < 1.29 is 0 Å². The highest BCUT2D eigenvalue weighted by molar-refractivity contribution is 7.18. The Kier molecular flexibility index (Phi) is 1.74. The normalized spacial score (nSPS) is 32.6. The van der Waals surface area contributed by atoms with Gasteiger partial charge in [0, 0.05) is 12.0 Å². The summed E-state index contributed by atoms with van der Waals surface area (Å²) in [5.41, 5.74) is 1.59. The fraction of sp³-hybridized carbons (Fsp3) is 0.462. The second kappa shape index (κ2) is 3.05. The van der Waals surface area contributed by atoms with E-state index in [-0.39, 0.29) is 0 Å². The summed E-state index contributed by atoms with van der Waals surface area (Å²) in [5.74, 6) is 0. The number of nitrogens with zero attached hydrogens (tertiary/aromatic N) is 2. The Balaban J connectivity index is 1.87. The number of hydrogen-bond acceptors (Lipinski definition) is 3. The minimum Gasteiger partial charge on any atom is -0.302 e. The molecular formula is C13H14N2S. The number of benzene rings is 1. The highest BCUT2D eigenvalue weighted by atomic mass is 32.1. The molecule has 2 aromatic rings. The lowest BCUT2D eigenvalue weighted by Crippen LogP contribution is -2.23. The highest BCUT2D eigenvalue weighted by Crippen LogP contribution is 2.45. The van der Waals surface area contributed by atoms with Gasteiger partial charge in [0.2, 0.25) is 0 Å². The highest BCUT2D eigenvalue weighted by Gasteiger charge is 2.46. The van der Waals surface area contributed by atoms with Crippen molar-refractivity contribution in [3.8, 4) is 0 Å². The molecule has 0 saturated carbocycles. The molecule has 4 rings (SSSR count). The molecule has 0 atom stereocenters. The molecule has 2 nitrogen and oxygen atoms in total. The van der Waals surface area contributed by atoms with Crippen LogP contribution in [0.2, 0.25) is 0 Å². The molecule has 0 aliphatic carbocycles. The Morgan fingerprint density at radius 3 is 2.69 bits per heavy atom. The van der Waals surface area contributed by atoms with Crippen LogP contribution in [0.3, 0.4) is 0 Å². The molecule has 0 radical (unpaired) electrons. The maximum atomic E-state index is 4.86. The van der Waals surface area contributed by atoms with E-state index in [4.69, 9.17) is 4.98 Å². The maximum Gasteiger partial charge on any atom is 0.101 e. The van der Waals surface area contributed by atoms with Crippen LogP contribution >= 0.6 is 11.3 Å². The van der Waals surface area contributed by atoms with Crippen LogP contribution in [-0.4, -0.2) is 29.5 Å². The number of rotatable bonds is 1. The molecule has 2 bridgehead atoms. The molecule has 3 heteroatoms. The van der Waals surface area contributed by atoms with Gasteiger partial charge in [-0.1, -0.05) is 12.1 Å². The Bertz CT molecular complexity index is 505. The Morgan fingerprint density at radius 2 is 2.00 bits per heavy atom. The number of thiazole rings is 1. The van der Waals surface area contributed by atoms with Gasteiger partial charge < -0.3 is 4.90 Å². The predicted molar refractivity (Wildman–Crippen MR) is 67.0 cm³/mol. The van der Waals surface area contributed by atoms with E-state index in [0.717, 1.165) is 0 Å². The summed E-state index contributed by atoms with van der Waals surface area (Å²) >= 11 is 1.91. The zero-order chi connectivity index (χ0) is 10.6. The van der Waals surface area contributed by atoms with Gasteiger partial charge >= 0.3 is 0 Å². The summed E-state index contributed by atoms with van der Waals surface area (Å²) in [6.45, 7) is 3.79. The van der Waals surface area contributed by atoms with Crippen LogP contribution in [-0.2, 0) is 5.41 Å². The van der Waals surface area contributed by atoms with Crippen molar-refractivity contribution in [1.29, 1.82) is 0 Å². The van der Waals surface area contributed by atoms with Gasteiger partial charge in [0.25, 0.3) is 0 Å². The van der Waals surface area contributed by atoms with Crippen molar-refractivity contribution in [2.24, 2.45) is 0 Å². The van der Waals surface area contributed by atoms with Crippen LogP contribution in [0.25, 0.3) is 10.2 Å². The predicted octanol–water partition coefficient (Wildman–Crippen LogP) is 2.64. The summed E-state index contributed by atoms with van der Waals surface area (Å²) in [4.78, 5) is 7.43. The Morgan fingerprint density at radius 1 is 1.19 bits per heavy atom. The van der Waals surface area contributed by atoms with E-state index in [1.54, 1.807) is 0 Å². The number of piperidine rings is 1. The standard InChI is InChI=1S/C13H14N2S/c1-2-4-11-10(3-1)14-12(16-11)13-5-7-15(9-13)8-6-13/h1-4H,5-9H2. The van der Waals surface area contributed by atoms with Gasteiger partial charge in [0.05, 0.1) is 10.2 Å². The van der Waals surface area contributed by atoms with Crippen LogP contribution in [0, 0.1) is 0 Å². The molecule has 0 unspecified atom stereocenters. The van der Waals surface area contributed by atoms with E-state index in [2.05, 4.69) is 29.2 Å². The molecule has 0 N–H and O–H groups in total. The summed E-state index contributed by atoms with van der Waals surface area (Å²) in [6.07, 6.45) is 2.62. The third kappa shape index (κ3) is 1.13. The first-order valence-electron chi connectivity index (χ1n) is 5.94. The van der Waals surface area contributed by atoms with Crippen molar-refractivity contribution >= 4 is 21.6 Å². The van der Waals surface area contributed by atoms with Crippen molar-refractivity contribution in [3.63, 3.8) is 0 Å². The average molecular weight is 230 g/mol. The SMILES string of the molecule is c1ccc2sc(C34CCN(CC3)C4)nc2c1. The van der Waals surface area contributed by atoms with Crippen LogP contribution in [0.15, 0.2) is 24.3 Å². The van der Waals surface area contributed by atoms with E-state index < -0.39 is 0 Å². The maximum absolute atomic E-state index is 4.86. The molecule has 2 fully saturated rings. The molecule has 2 saturated heterocycles. The number of hydrogen-bond donors (Lipinski definition) is 0. The zero-order valence-corrected chi connectivity index (χ0v) is 9.96. The van der Waals surface area contributed by atoms with Gasteiger partial charge in [-0.2, -0.15) is 0 Å². The second-order valence-corrected chi connectivity index (χ2v) is 6.07. The molecule has 1 aromatic carbocycles. The van der Waals surface area contributed by atoms with E-state index in [9.17, 15) is 0 Å². The first-order valence-corrected chi connectivity index (χ1v) is 6.76. The molecule has 82 valence electrons. The van der Waals surface area contributed by atoms with Gasteiger partial charge in [0.1, 0.15) is 5.01 Å². The lowest BCUT2D eigenvalue weighted by molar-refractivity contribution is 0.364. The second-order valence-electron chi connectivity index (χ2n) is 5.04. The number of fused-ring (bicyclic) bond motifs is 3. The molecule has 0 spiro atoms. The summed E-state index contributed by atoms with van der Waals surface area (Å²) in [5, 5.41) is 1.38. The fourth-order valence-electron chi connectivity index (χ4n) is 3.11. The van der Waals surface area contributed by atoms with Crippen LogP contribution in [0.5, 0.6) is 0 Å². The third-order valence-electron chi connectivity index (χ3n) is 4.09. The summed E-state index contributed by atoms with van der Waals surface area (Å²) in [6, 6.07) is 8.51. The molecule has 2 aliphatic heterocycles. The molecule has 2 aliphatic rings. The lowest BCUT2D eigenvalue weighted by atomic mass is 9.85. The fourth-order valence-corrected chi connectivity index (χ4v) is 4.31. The van der Waals surface area contributed by atoms with Crippen molar-refractivity contribution in [3.05, 3.63) is 29.3 Å². The van der Waals surface area contributed by atoms with Crippen molar-refractivity contribution in [2.75, 3.05) is 19.6 Å². The minimum absolute atomic E-state index is 0.406. The number of para-hydroxylation sites is 1. The minimum atomic E-state index is 0.406. The van der Waals surface area contributed by atoms with E-state index in [0.29, 0.717) is 5.41 Å². The number of aromatic nitrogens is 1. The first kappa shape index (κ1) is 9.14. The first-order chi connectivity index (χ1) is 7.86. The molecule has 1 aromatic heterocycles. The van der Waals surface area contributed by atoms with Gasteiger partial charge in [-0.05, 0) is 38.1 Å². The largest absolute Gasteiger partial charge is 0.302 e. The quantitative estimate of drug-likeness (QED) is 0.748. The Labute approximate surface area is 98.9 Å². The zero-order valence-electron chi connectivity index (χ0n) is 9.15. The van der Waals surface area contributed by atoms with E-state index in [1.165, 1.54) is 47.7 Å². The molecular weight excluding hydrogens is 216 g/mol. The van der Waals surface area contributed by atoms with Crippen molar-refractivity contribution in [2.45, 2.75) is 18.3 Å². The van der Waals surface area contributed by atoms with Crippen LogP contribution in [0.1, 0.15) is 17.8 Å². The summed E-state index contributed by atoms with van der Waals surface area (Å²) in [7, 11) is 0. The van der Waals surface area contributed by atoms with Crippen molar-refractivity contribution in [1.82, 2.24) is 9.88 Å². The Hall–Kier alpha value is -0.930. The average Bonchev–Trinajstić information content (AvgIpc) is 3.03. The smallest absolute Gasteiger partial charge is 0.101 e.